The van der Waals surface area contributed by atoms with Crippen molar-refractivity contribution in [1.82, 2.24) is 0 Å². The third-order valence-electron chi connectivity index (χ3n) is 2.90. The Morgan fingerprint density at radius 1 is 1.42 bits per heavy atom. The lowest BCUT2D eigenvalue weighted by atomic mass is 9.57. The van der Waals surface area contributed by atoms with Gasteiger partial charge in [0.2, 0.25) is 0 Å². The number of esters is 1. The monoisotopic (exact) mass is 193 g/mol. The minimum absolute atomic E-state index is 0. The summed E-state index contributed by atoms with van der Waals surface area (Å²) < 4.78 is 4.63. The molecule has 1 aliphatic rings. The Morgan fingerprint density at radius 2 is 1.92 bits per heavy atom. The Morgan fingerprint density at radius 3 is 2.00 bits per heavy atom. The number of carbonyl (C=O) groups excluding carboxylic acids is 1. The zero-order valence-corrected chi connectivity index (χ0v) is 8.53. The minimum Gasteiger partial charge on any atom is -0.468 e. The van der Waals surface area contributed by atoms with E-state index in [0.29, 0.717) is 0 Å². The van der Waals surface area contributed by atoms with Gasteiger partial charge in [-0.2, -0.15) is 0 Å². The summed E-state index contributed by atoms with van der Waals surface area (Å²) in [6, 6.07) is 0. The molecule has 0 amide bonds. The number of hydrogen-bond donors (Lipinski definition) is 1. The van der Waals surface area contributed by atoms with Gasteiger partial charge in [-0.1, -0.05) is 13.8 Å². The second kappa shape index (κ2) is 3.23. The van der Waals surface area contributed by atoms with Crippen molar-refractivity contribution in [3.63, 3.8) is 0 Å². The van der Waals surface area contributed by atoms with Crippen LogP contribution in [0.25, 0.3) is 0 Å². The van der Waals surface area contributed by atoms with E-state index in [4.69, 9.17) is 5.73 Å². The van der Waals surface area contributed by atoms with Crippen molar-refractivity contribution < 1.29 is 9.53 Å². The van der Waals surface area contributed by atoms with Crippen LogP contribution in [-0.4, -0.2) is 18.6 Å². The summed E-state index contributed by atoms with van der Waals surface area (Å²) in [5.74, 6) is -0.284. The molecule has 0 spiro atoms. The average Bonchev–Trinajstić information content (AvgIpc) is 1.99. The second-order valence-corrected chi connectivity index (χ2v) is 3.85. The molecule has 0 aromatic rings. The third kappa shape index (κ3) is 1.31. The van der Waals surface area contributed by atoms with Crippen LogP contribution in [0.2, 0.25) is 0 Å². The van der Waals surface area contributed by atoms with E-state index < -0.39 is 5.54 Å². The molecule has 0 bridgehead atoms. The smallest absolute Gasteiger partial charge is 0.326 e. The van der Waals surface area contributed by atoms with Crippen molar-refractivity contribution in [1.29, 1.82) is 0 Å². The Bertz CT molecular complexity index is 193. The molecular formula is C8H16ClNO2. The summed E-state index contributed by atoms with van der Waals surface area (Å²) in [6.45, 7) is 3.99. The van der Waals surface area contributed by atoms with Gasteiger partial charge >= 0.3 is 5.97 Å². The van der Waals surface area contributed by atoms with Gasteiger partial charge < -0.3 is 10.5 Å². The predicted molar refractivity (Wildman–Crippen MR) is 49.2 cm³/mol. The van der Waals surface area contributed by atoms with Crippen LogP contribution < -0.4 is 5.73 Å². The van der Waals surface area contributed by atoms with Crippen LogP contribution in [-0.2, 0) is 9.53 Å². The summed E-state index contributed by atoms with van der Waals surface area (Å²) in [4.78, 5) is 11.2. The van der Waals surface area contributed by atoms with Crippen LogP contribution in [0.3, 0.4) is 0 Å². The van der Waals surface area contributed by atoms with Gasteiger partial charge in [0.05, 0.1) is 7.11 Å². The topological polar surface area (TPSA) is 52.3 Å². The molecule has 1 unspecified atom stereocenters. The van der Waals surface area contributed by atoms with Crippen molar-refractivity contribution in [2.24, 2.45) is 11.1 Å². The normalized spacial score (nSPS) is 31.3. The zero-order valence-electron chi connectivity index (χ0n) is 7.72. The highest BCUT2D eigenvalue weighted by Gasteiger charge is 2.56. The highest BCUT2D eigenvalue weighted by Crippen LogP contribution is 2.48. The summed E-state index contributed by atoms with van der Waals surface area (Å²) in [5.41, 5.74) is 5.03. The largest absolute Gasteiger partial charge is 0.468 e. The average molecular weight is 194 g/mol. The SMILES string of the molecule is COC(=O)C1(N)CCC1(C)C.Cl. The molecule has 0 heterocycles. The maximum Gasteiger partial charge on any atom is 0.326 e. The molecule has 1 saturated carbocycles. The molecular weight excluding hydrogens is 178 g/mol. The van der Waals surface area contributed by atoms with E-state index in [1.807, 2.05) is 13.8 Å². The number of nitrogens with two attached hydrogens (primary N) is 1. The van der Waals surface area contributed by atoms with Gasteiger partial charge in [0.25, 0.3) is 0 Å². The molecule has 0 aromatic heterocycles. The summed E-state index contributed by atoms with van der Waals surface area (Å²) >= 11 is 0. The van der Waals surface area contributed by atoms with E-state index in [-0.39, 0.29) is 23.8 Å². The molecule has 2 N–H and O–H groups in total. The van der Waals surface area contributed by atoms with Gasteiger partial charge in [0, 0.05) is 0 Å². The van der Waals surface area contributed by atoms with Crippen LogP contribution in [0.4, 0.5) is 0 Å². The summed E-state index contributed by atoms with van der Waals surface area (Å²) in [6.07, 6.45) is 1.74. The number of carbonyl (C=O) groups is 1. The first-order valence-electron chi connectivity index (χ1n) is 3.81. The lowest BCUT2D eigenvalue weighted by Gasteiger charge is -2.51. The molecule has 0 aromatic carbocycles. The van der Waals surface area contributed by atoms with Crippen molar-refractivity contribution in [3.05, 3.63) is 0 Å². The molecule has 72 valence electrons. The lowest BCUT2D eigenvalue weighted by molar-refractivity contribution is -0.159. The fourth-order valence-corrected chi connectivity index (χ4v) is 1.45. The Labute approximate surface area is 79.1 Å². The minimum atomic E-state index is -0.734. The highest BCUT2D eigenvalue weighted by atomic mass is 35.5. The first-order valence-corrected chi connectivity index (χ1v) is 3.81. The van der Waals surface area contributed by atoms with Crippen LogP contribution >= 0.6 is 12.4 Å². The zero-order chi connectivity index (χ0) is 8.70. The van der Waals surface area contributed by atoms with E-state index in [0.717, 1.165) is 12.8 Å². The van der Waals surface area contributed by atoms with Gasteiger partial charge in [0.1, 0.15) is 5.54 Å². The van der Waals surface area contributed by atoms with Crippen LogP contribution in [0.5, 0.6) is 0 Å². The molecule has 12 heavy (non-hydrogen) atoms. The van der Waals surface area contributed by atoms with E-state index in [9.17, 15) is 4.79 Å². The Hall–Kier alpha value is -0.280. The molecule has 0 radical (unpaired) electrons. The van der Waals surface area contributed by atoms with Gasteiger partial charge in [-0.25, -0.2) is 0 Å². The molecule has 0 saturated heterocycles. The number of halogens is 1. The maximum absolute atomic E-state index is 11.2. The van der Waals surface area contributed by atoms with Crippen molar-refractivity contribution in [2.75, 3.05) is 7.11 Å². The van der Waals surface area contributed by atoms with E-state index in [1.165, 1.54) is 7.11 Å². The highest BCUT2D eigenvalue weighted by molar-refractivity contribution is 5.85. The number of hydrogen-bond acceptors (Lipinski definition) is 3. The van der Waals surface area contributed by atoms with Crippen LogP contribution in [0.1, 0.15) is 26.7 Å². The van der Waals surface area contributed by atoms with E-state index in [1.54, 1.807) is 0 Å². The molecule has 1 fully saturated rings. The lowest BCUT2D eigenvalue weighted by Crippen LogP contribution is -2.66. The molecule has 1 aliphatic carbocycles. The molecule has 3 nitrogen and oxygen atoms in total. The fourth-order valence-electron chi connectivity index (χ4n) is 1.45. The number of ether oxygens (including phenoxy) is 1. The first-order chi connectivity index (χ1) is 4.94. The van der Waals surface area contributed by atoms with Crippen molar-refractivity contribution >= 4 is 18.4 Å². The molecule has 4 heteroatoms. The van der Waals surface area contributed by atoms with Gasteiger partial charge in [-0.15, -0.1) is 12.4 Å². The van der Waals surface area contributed by atoms with Crippen LogP contribution in [0, 0.1) is 5.41 Å². The van der Waals surface area contributed by atoms with E-state index >= 15 is 0 Å². The molecule has 1 atom stereocenters. The van der Waals surface area contributed by atoms with Crippen molar-refractivity contribution in [3.8, 4) is 0 Å². The second-order valence-electron chi connectivity index (χ2n) is 3.85. The van der Waals surface area contributed by atoms with Gasteiger partial charge in [-0.3, -0.25) is 4.79 Å². The number of rotatable bonds is 1. The number of methoxy groups -OCH3 is 1. The predicted octanol–water partition coefficient (Wildman–Crippen LogP) is 1.10. The van der Waals surface area contributed by atoms with E-state index in [2.05, 4.69) is 4.74 Å². The molecule has 0 aliphatic heterocycles. The summed E-state index contributed by atoms with van der Waals surface area (Å²) in [7, 11) is 1.38. The third-order valence-corrected chi connectivity index (χ3v) is 2.90. The fraction of sp³-hybridized carbons (Fsp3) is 0.875. The summed E-state index contributed by atoms with van der Waals surface area (Å²) in [5, 5.41) is 0. The van der Waals surface area contributed by atoms with Crippen molar-refractivity contribution in [2.45, 2.75) is 32.2 Å². The first kappa shape index (κ1) is 11.7. The maximum atomic E-state index is 11.2. The Kier molecular flexibility index (Phi) is 3.15. The van der Waals surface area contributed by atoms with Gasteiger partial charge in [0.15, 0.2) is 0 Å². The Balaban J connectivity index is 0.00000121. The molecule has 1 rings (SSSR count). The standard InChI is InChI=1S/C8H15NO2.ClH/c1-7(2)4-5-8(7,9)6(10)11-3;/h4-5,9H2,1-3H3;1H. The van der Waals surface area contributed by atoms with Gasteiger partial charge in [-0.05, 0) is 18.3 Å². The van der Waals surface area contributed by atoms with Crippen LogP contribution in [0.15, 0.2) is 0 Å². The quantitative estimate of drug-likeness (QED) is 0.635.